The van der Waals surface area contributed by atoms with Crippen molar-refractivity contribution in [3.8, 4) is 0 Å². The Morgan fingerprint density at radius 1 is 1.35 bits per heavy atom. The number of rotatable bonds is 5. The average molecular weight is 336 g/mol. The van der Waals surface area contributed by atoms with E-state index < -0.39 is 10.0 Å². The van der Waals surface area contributed by atoms with Crippen molar-refractivity contribution in [2.75, 3.05) is 0 Å². The van der Waals surface area contributed by atoms with Gasteiger partial charge in [0, 0.05) is 17.6 Å². The van der Waals surface area contributed by atoms with Gasteiger partial charge < -0.3 is 10.3 Å². The van der Waals surface area contributed by atoms with Crippen molar-refractivity contribution in [1.29, 1.82) is 0 Å². The maximum atomic E-state index is 12.2. The largest absolute Gasteiger partial charge is 0.360 e. The normalized spacial score (nSPS) is 11.8. The zero-order valence-electron chi connectivity index (χ0n) is 10.1. The molecule has 1 aromatic heterocycles. The maximum Gasteiger partial charge on any atom is 0.242 e. The van der Waals surface area contributed by atoms with Gasteiger partial charge in [-0.1, -0.05) is 28.4 Å². The van der Waals surface area contributed by atoms with Gasteiger partial charge in [-0.15, -0.1) is 0 Å². The van der Waals surface area contributed by atoms with Crippen LogP contribution in [0.2, 0.25) is 10.0 Å². The van der Waals surface area contributed by atoms with Crippen LogP contribution in [0, 0.1) is 0 Å². The van der Waals surface area contributed by atoms with Crippen molar-refractivity contribution in [2.45, 2.75) is 18.0 Å². The van der Waals surface area contributed by atoms with Crippen molar-refractivity contribution in [2.24, 2.45) is 5.73 Å². The summed E-state index contributed by atoms with van der Waals surface area (Å²) in [5.41, 5.74) is 5.96. The molecule has 0 amide bonds. The predicted octanol–water partition coefficient (Wildman–Crippen LogP) is 1.92. The van der Waals surface area contributed by atoms with E-state index in [4.69, 9.17) is 33.5 Å². The smallest absolute Gasteiger partial charge is 0.242 e. The van der Waals surface area contributed by atoms with E-state index in [1.807, 2.05) is 0 Å². The summed E-state index contributed by atoms with van der Waals surface area (Å²) in [6.07, 6.45) is 1.42. The lowest BCUT2D eigenvalue weighted by molar-refractivity contribution is 0.380. The Morgan fingerprint density at radius 2 is 2.10 bits per heavy atom. The van der Waals surface area contributed by atoms with Crippen LogP contribution in [0.5, 0.6) is 0 Å². The first-order chi connectivity index (χ1) is 9.44. The average Bonchev–Trinajstić information content (AvgIpc) is 2.92. The first-order valence-corrected chi connectivity index (χ1v) is 7.75. The third-order valence-corrected chi connectivity index (χ3v) is 4.72. The second-order valence-electron chi connectivity index (χ2n) is 3.88. The second kappa shape index (κ2) is 6.11. The van der Waals surface area contributed by atoms with Crippen LogP contribution < -0.4 is 10.5 Å². The number of halogens is 2. The number of nitrogens with one attached hydrogen (secondary N) is 1. The molecule has 0 aliphatic rings. The number of aromatic nitrogens is 1. The van der Waals surface area contributed by atoms with Gasteiger partial charge >= 0.3 is 0 Å². The highest BCUT2D eigenvalue weighted by atomic mass is 35.5. The molecule has 0 radical (unpaired) electrons. The molecule has 0 saturated heterocycles. The highest BCUT2D eigenvalue weighted by Gasteiger charge is 2.21. The Hall–Kier alpha value is -1.12. The van der Waals surface area contributed by atoms with Crippen LogP contribution in [-0.2, 0) is 23.1 Å². The first-order valence-electron chi connectivity index (χ1n) is 5.51. The molecular weight excluding hydrogens is 325 g/mol. The summed E-state index contributed by atoms with van der Waals surface area (Å²) in [6.45, 7) is 0.0488. The van der Waals surface area contributed by atoms with E-state index >= 15 is 0 Å². The van der Waals surface area contributed by atoms with Crippen LogP contribution in [0.15, 0.2) is 33.8 Å². The fourth-order valence-electron chi connectivity index (χ4n) is 1.54. The number of nitrogens with zero attached hydrogens (tertiary/aromatic N) is 1. The lowest BCUT2D eigenvalue weighted by atomic mass is 10.2. The van der Waals surface area contributed by atoms with Gasteiger partial charge in [-0.3, -0.25) is 0 Å². The third-order valence-electron chi connectivity index (χ3n) is 2.52. The molecule has 0 aliphatic carbocycles. The number of sulfonamides is 1. The summed E-state index contributed by atoms with van der Waals surface area (Å²) >= 11 is 11.9. The number of nitrogens with two attached hydrogens (primary N) is 1. The zero-order chi connectivity index (χ0) is 14.8. The van der Waals surface area contributed by atoms with Gasteiger partial charge in [-0.2, -0.15) is 0 Å². The van der Waals surface area contributed by atoms with Crippen LogP contribution in [0.1, 0.15) is 11.3 Å². The SMILES string of the molecule is NCc1cc(Cl)cc(S(=O)(=O)NCc2ccno2)c1Cl. The monoisotopic (exact) mass is 335 g/mol. The Labute approximate surface area is 125 Å². The molecule has 1 heterocycles. The Bertz CT molecular complexity index is 702. The molecule has 2 rings (SSSR count). The minimum Gasteiger partial charge on any atom is -0.360 e. The van der Waals surface area contributed by atoms with Gasteiger partial charge in [0.25, 0.3) is 0 Å². The van der Waals surface area contributed by atoms with E-state index in [1.165, 1.54) is 18.3 Å². The summed E-state index contributed by atoms with van der Waals surface area (Å²) in [5, 5.41) is 3.78. The van der Waals surface area contributed by atoms with Gasteiger partial charge in [-0.05, 0) is 17.7 Å². The summed E-state index contributed by atoms with van der Waals surface area (Å²) < 4.78 is 31.6. The molecule has 0 bridgehead atoms. The quantitative estimate of drug-likeness (QED) is 0.869. The maximum absolute atomic E-state index is 12.2. The van der Waals surface area contributed by atoms with Crippen LogP contribution in [0.4, 0.5) is 0 Å². The van der Waals surface area contributed by atoms with Crippen molar-refractivity contribution < 1.29 is 12.9 Å². The van der Waals surface area contributed by atoms with Crippen molar-refractivity contribution >= 4 is 33.2 Å². The highest BCUT2D eigenvalue weighted by molar-refractivity contribution is 7.89. The molecule has 0 aliphatic heterocycles. The van der Waals surface area contributed by atoms with Gasteiger partial charge in [0.2, 0.25) is 10.0 Å². The van der Waals surface area contributed by atoms with E-state index in [-0.39, 0.29) is 28.0 Å². The van der Waals surface area contributed by atoms with E-state index in [2.05, 4.69) is 9.88 Å². The van der Waals surface area contributed by atoms with Gasteiger partial charge in [0.1, 0.15) is 4.90 Å². The molecule has 2 aromatic rings. The molecule has 1 aromatic carbocycles. The number of benzene rings is 1. The number of hydrogen-bond acceptors (Lipinski definition) is 5. The van der Waals surface area contributed by atoms with E-state index in [0.717, 1.165) is 0 Å². The van der Waals surface area contributed by atoms with Crippen LogP contribution in [0.25, 0.3) is 0 Å². The fraction of sp³-hybridized carbons (Fsp3) is 0.182. The van der Waals surface area contributed by atoms with Gasteiger partial charge in [0.05, 0.1) is 17.8 Å². The lowest BCUT2D eigenvalue weighted by Crippen LogP contribution is -2.23. The highest BCUT2D eigenvalue weighted by Crippen LogP contribution is 2.29. The van der Waals surface area contributed by atoms with E-state index in [1.54, 1.807) is 6.07 Å². The predicted molar refractivity (Wildman–Crippen MR) is 74.9 cm³/mol. The molecular formula is C11H11Cl2N3O3S. The fourth-order valence-corrected chi connectivity index (χ4v) is 3.47. The Kier molecular flexibility index (Phi) is 4.66. The van der Waals surface area contributed by atoms with Crippen molar-refractivity contribution in [3.63, 3.8) is 0 Å². The minimum atomic E-state index is -3.83. The zero-order valence-corrected chi connectivity index (χ0v) is 12.5. The van der Waals surface area contributed by atoms with E-state index in [9.17, 15) is 8.42 Å². The molecule has 0 fully saturated rings. The molecule has 0 spiro atoms. The molecule has 6 nitrogen and oxygen atoms in total. The third kappa shape index (κ3) is 3.31. The van der Waals surface area contributed by atoms with Gasteiger partial charge in [-0.25, -0.2) is 13.1 Å². The molecule has 0 unspecified atom stereocenters. The molecule has 3 N–H and O–H groups in total. The molecule has 20 heavy (non-hydrogen) atoms. The summed E-state index contributed by atoms with van der Waals surface area (Å²) in [4.78, 5) is -0.119. The first kappa shape index (κ1) is 15.3. The van der Waals surface area contributed by atoms with E-state index in [0.29, 0.717) is 11.3 Å². The van der Waals surface area contributed by atoms with Gasteiger partial charge in [0.15, 0.2) is 5.76 Å². The second-order valence-corrected chi connectivity index (χ2v) is 6.43. The Balaban J connectivity index is 2.31. The van der Waals surface area contributed by atoms with Crippen LogP contribution >= 0.6 is 23.2 Å². The summed E-state index contributed by atoms with van der Waals surface area (Å²) in [7, 11) is -3.83. The molecule has 108 valence electrons. The molecule has 0 saturated carbocycles. The number of hydrogen-bond donors (Lipinski definition) is 2. The van der Waals surface area contributed by atoms with Crippen molar-refractivity contribution in [3.05, 3.63) is 45.8 Å². The standard InChI is InChI=1S/C11H11Cl2N3O3S/c12-8-3-7(5-14)11(13)10(4-8)20(17,18)16-6-9-1-2-15-19-9/h1-4,16H,5-6,14H2. The summed E-state index contributed by atoms with van der Waals surface area (Å²) in [5.74, 6) is 0.380. The topological polar surface area (TPSA) is 98.2 Å². The summed E-state index contributed by atoms with van der Waals surface area (Å²) in [6, 6.07) is 4.35. The molecule has 9 heteroatoms. The molecule has 0 atom stereocenters. The van der Waals surface area contributed by atoms with Crippen LogP contribution in [0.3, 0.4) is 0 Å². The lowest BCUT2D eigenvalue weighted by Gasteiger charge is -2.10. The Morgan fingerprint density at radius 3 is 2.70 bits per heavy atom. The minimum absolute atomic E-state index is 0.0386. The van der Waals surface area contributed by atoms with Crippen LogP contribution in [-0.4, -0.2) is 13.6 Å². The van der Waals surface area contributed by atoms with Crippen molar-refractivity contribution in [1.82, 2.24) is 9.88 Å².